The monoisotopic (exact) mass is 644 g/mol. The Kier molecular flexibility index (Phi) is 7.61. The highest BCUT2D eigenvalue weighted by Crippen LogP contribution is 2.35. The summed E-state index contributed by atoms with van der Waals surface area (Å²) >= 11 is 0. The molecule has 5 heterocycles. The highest BCUT2D eigenvalue weighted by Gasteiger charge is 2.20. The molecule has 2 N–H and O–H groups in total. The number of anilines is 3. The van der Waals surface area contributed by atoms with Crippen molar-refractivity contribution in [3.8, 4) is 28.4 Å². The third kappa shape index (κ3) is 5.56. The van der Waals surface area contributed by atoms with Gasteiger partial charge in [0.05, 0.1) is 54.1 Å². The van der Waals surface area contributed by atoms with Gasteiger partial charge < -0.3 is 24.7 Å². The molecule has 0 unspecified atom stereocenters. The van der Waals surface area contributed by atoms with E-state index in [1.807, 2.05) is 71.3 Å². The molecule has 7 aromatic rings. The van der Waals surface area contributed by atoms with Crippen LogP contribution in [0.15, 0.2) is 91.3 Å². The van der Waals surface area contributed by atoms with Crippen molar-refractivity contribution < 1.29 is 18.3 Å². The van der Waals surface area contributed by atoms with Crippen LogP contribution in [0.25, 0.3) is 39.3 Å². The Morgan fingerprint density at radius 3 is 2.60 bits per heavy atom. The Morgan fingerprint density at radius 1 is 0.917 bits per heavy atom. The van der Waals surface area contributed by atoms with Gasteiger partial charge in [-0.15, -0.1) is 0 Å². The van der Waals surface area contributed by atoms with Crippen LogP contribution >= 0.6 is 0 Å². The van der Waals surface area contributed by atoms with E-state index in [0.29, 0.717) is 47.6 Å². The molecular weight excluding hydrogens is 614 g/mol. The number of ether oxygens (including phenoxy) is 2. The number of methoxy groups -OCH3 is 1. The van der Waals surface area contributed by atoms with Crippen molar-refractivity contribution in [2.24, 2.45) is 0 Å². The lowest BCUT2D eigenvalue weighted by Gasteiger charge is -2.29. The van der Waals surface area contributed by atoms with Gasteiger partial charge in [0.2, 0.25) is 5.95 Å². The fourth-order valence-electron chi connectivity index (χ4n) is 6.08. The largest absolute Gasteiger partial charge is 0.494 e. The van der Waals surface area contributed by atoms with Crippen molar-refractivity contribution >= 4 is 34.0 Å². The molecule has 0 amide bonds. The number of nitrogens with zero attached hydrogens (tertiary/aromatic N) is 6. The normalized spacial score (nSPS) is 13.4. The SMILES string of the molecule is COc1cc(N2CCOCC2)ccc1Nc1nccc(-c2c(-c3ccc4nc(Cc5c(F)cccc5F)[nH]c4c3)nc3ccccn23)n1. The van der Waals surface area contributed by atoms with Crippen molar-refractivity contribution in [3.63, 3.8) is 0 Å². The smallest absolute Gasteiger partial charge is 0.227 e. The van der Waals surface area contributed by atoms with Gasteiger partial charge in [-0.05, 0) is 54.6 Å². The minimum absolute atomic E-state index is 0.000421. The predicted molar refractivity (Wildman–Crippen MR) is 180 cm³/mol. The standard InChI is InChI=1S/C36H30F2N8O2/c1-47-31-20-23(45-15-17-48-18-16-45)9-11-28(31)42-36-39-13-12-29(43-36)35-34(44-33-7-2-3-14-46(33)35)22-8-10-27-30(19-22)41-32(40-27)21-24-25(37)5-4-6-26(24)38/h2-14,19-20H,15-18,21H2,1H3,(H,40,41)(H,39,42,43). The topological polar surface area (TPSA) is 105 Å². The minimum atomic E-state index is -0.604. The summed E-state index contributed by atoms with van der Waals surface area (Å²) in [6, 6.07) is 23.3. The van der Waals surface area contributed by atoms with Gasteiger partial charge in [-0.2, -0.15) is 0 Å². The number of morpholine rings is 1. The van der Waals surface area contributed by atoms with Gasteiger partial charge in [0.25, 0.3) is 0 Å². The van der Waals surface area contributed by atoms with Crippen LogP contribution in [0.2, 0.25) is 0 Å². The number of aromatic amines is 1. The zero-order chi connectivity index (χ0) is 32.6. The molecule has 0 spiro atoms. The third-order valence-electron chi connectivity index (χ3n) is 8.45. The highest BCUT2D eigenvalue weighted by atomic mass is 19.1. The molecule has 0 saturated carbocycles. The number of nitrogens with one attached hydrogen (secondary N) is 2. The van der Waals surface area contributed by atoms with Gasteiger partial charge in [0.15, 0.2) is 0 Å². The lowest BCUT2D eigenvalue weighted by Crippen LogP contribution is -2.36. The van der Waals surface area contributed by atoms with Crippen molar-refractivity contribution in [1.82, 2.24) is 29.3 Å². The third-order valence-corrected chi connectivity index (χ3v) is 8.45. The zero-order valence-corrected chi connectivity index (χ0v) is 26.0. The fraction of sp³-hybridized carbons (Fsp3) is 0.167. The first-order valence-electron chi connectivity index (χ1n) is 15.5. The van der Waals surface area contributed by atoms with Crippen LogP contribution in [0.3, 0.4) is 0 Å². The summed E-state index contributed by atoms with van der Waals surface area (Å²) < 4.78 is 41.9. The highest BCUT2D eigenvalue weighted by molar-refractivity contribution is 5.87. The summed E-state index contributed by atoms with van der Waals surface area (Å²) in [5.41, 5.74) is 6.88. The maximum Gasteiger partial charge on any atom is 0.227 e. The van der Waals surface area contributed by atoms with E-state index in [-0.39, 0.29) is 12.0 Å². The maximum absolute atomic E-state index is 14.3. The molecular formula is C36H30F2N8O2. The maximum atomic E-state index is 14.3. The zero-order valence-electron chi connectivity index (χ0n) is 26.0. The van der Waals surface area contributed by atoms with E-state index in [9.17, 15) is 8.78 Å². The van der Waals surface area contributed by atoms with Crippen LogP contribution in [-0.4, -0.2) is 62.7 Å². The Labute approximate surface area is 274 Å². The van der Waals surface area contributed by atoms with Gasteiger partial charge in [-0.25, -0.2) is 28.7 Å². The lowest BCUT2D eigenvalue weighted by atomic mass is 10.1. The number of halogens is 2. The first-order valence-corrected chi connectivity index (χ1v) is 15.5. The number of pyridine rings is 1. The molecule has 8 rings (SSSR count). The van der Waals surface area contributed by atoms with Crippen LogP contribution in [0, 0.1) is 11.6 Å². The first-order chi connectivity index (χ1) is 23.5. The molecule has 1 aliphatic rings. The van der Waals surface area contributed by atoms with E-state index >= 15 is 0 Å². The number of aromatic nitrogens is 6. The average molecular weight is 645 g/mol. The average Bonchev–Trinajstić information content (AvgIpc) is 3.71. The number of H-pyrrole nitrogens is 1. The Balaban J connectivity index is 1.14. The summed E-state index contributed by atoms with van der Waals surface area (Å²) in [4.78, 5) is 24.5. The second kappa shape index (κ2) is 12.4. The van der Waals surface area contributed by atoms with E-state index in [2.05, 4.69) is 25.2 Å². The van der Waals surface area contributed by atoms with Gasteiger partial charge in [-0.3, -0.25) is 4.40 Å². The van der Waals surface area contributed by atoms with E-state index in [1.165, 1.54) is 18.2 Å². The summed E-state index contributed by atoms with van der Waals surface area (Å²) in [7, 11) is 1.64. The fourth-order valence-corrected chi connectivity index (χ4v) is 6.08. The van der Waals surface area contributed by atoms with Gasteiger partial charge in [0.1, 0.15) is 28.9 Å². The van der Waals surface area contributed by atoms with Gasteiger partial charge in [0, 0.05) is 54.8 Å². The second-order valence-electron chi connectivity index (χ2n) is 11.4. The number of hydrogen-bond acceptors (Lipinski definition) is 8. The number of hydrogen-bond donors (Lipinski definition) is 2. The molecule has 240 valence electrons. The first kappa shape index (κ1) is 29.5. The van der Waals surface area contributed by atoms with Crippen molar-refractivity contribution in [2.45, 2.75) is 6.42 Å². The molecule has 48 heavy (non-hydrogen) atoms. The van der Waals surface area contributed by atoms with Gasteiger partial charge in [-0.1, -0.05) is 18.2 Å². The second-order valence-corrected chi connectivity index (χ2v) is 11.4. The Bertz CT molecular complexity index is 2260. The molecule has 4 aromatic heterocycles. The van der Waals surface area contributed by atoms with E-state index < -0.39 is 11.6 Å². The van der Waals surface area contributed by atoms with Crippen LogP contribution in [0.1, 0.15) is 11.4 Å². The lowest BCUT2D eigenvalue weighted by molar-refractivity contribution is 0.122. The molecule has 1 fully saturated rings. The van der Waals surface area contributed by atoms with Crippen LogP contribution in [0.4, 0.5) is 26.1 Å². The van der Waals surface area contributed by atoms with Crippen molar-refractivity contribution in [1.29, 1.82) is 0 Å². The summed E-state index contributed by atoms with van der Waals surface area (Å²) in [5, 5.41) is 3.33. The molecule has 0 atom stereocenters. The predicted octanol–water partition coefficient (Wildman–Crippen LogP) is 6.79. The Hall–Kier alpha value is -5.88. The molecule has 1 saturated heterocycles. The molecule has 10 nitrogen and oxygen atoms in total. The minimum Gasteiger partial charge on any atom is -0.494 e. The molecule has 3 aromatic carbocycles. The van der Waals surface area contributed by atoms with Crippen LogP contribution in [-0.2, 0) is 11.2 Å². The van der Waals surface area contributed by atoms with Crippen LogP contribution in [0.5, 0.6) is 5.75 Å². The Morgan fingerprint density at radius 2 is 1.77 bits per heavy atom. The molecule has 0 aliphatic carbocycles. The summed E-state index contributed by atoms with van der Waals surface area (Å²) in [5.74, 6) is 0.325. The van der Waals surface area contributed by atoms with E-state index in [4.69, 9.17) is 19.4 Å². The summed E-state index contributed by atoms with van der Waals surface area (Å²) in [6.07, 6.45) is 3.65. The van der Waals surface area contributed by atoms with E-state index in [0.717, 1.165) is 46.9 Å². The van der Waals surface area contributed by atoms with Crippen LogP contribution < -0.4 is 15.0 Å². The molecule has 0 radical (unpaired) electrons. The van der Waals surface area contributed by atoms with Gasteiger partial charge >= 0.3 is 0 Å². The summed E-state index contributed by atoms with van der Waals surface area (Å²) in [6.45, 7) is 3.04. The number of rotatable bonds is 8. The number of benzene rings is 3. The number of fused-ring (bicyclic) bond motifs is 2. The van der Waals surface area contributed by atoms with E-state index in [1.54, 1.807) is 13.3 Å². The number of imidazole rings is 2. The van der Waals surface area contributed by atoms with Crippen molar-refractivity contribution in [3.05, 3.63) is 114 Å². The molecule has 0 bridgehead atoms. The molecule has 1 aliphatic heterocycles. The quantitative estimate of drug-likeness (QED) is 0.186. The molecule has 12 heteroatoms. The van der Waals surface area contributed by atoms with Crippen molar-refractivity contribution in [2.75, 3.05) is 43.6 Å².